The van der Waals surface area contributed by atoms with Crippen LogP contribution in [0.3, 0.4) is 0 Å². The Hall–Kier alpha value is -2.75. The SMILES string of the molecule is CC(C)N1CCc2ccc(-c3n[nH]nc3C(=O)OC(=O)C(F)(F)F)cc2C1. The third-order valence-corrected chi connectivity index (χ3v) is 4.41. The molecule has 1 aliphatic heterocycles. The Morgan fingerprint density at radius 1 is 1.22 bits per heavy atom. The van der Waals surface area contributed by atoms with Crippen LogP contribution >= 0.6 is 0 Å². The molecule has 0 bridgehead atoms. The van der Waals surface area contributed by atoms with Crippen LogP contribution in [0.2, 0.25) is 0 Å². The molecule has 1 aromatic heterocycles. The number of aromatic nitrogens is 3. The van der Waals surface area contributed by atoms with Gasteiger partial charge in [-0.3, -0.25) is 4.90 Å². The Bertz CT molecular complexity index is 877. The maximum Gasteiger partial charge on any atom is 0.491 e. The highest BCUT2D eigenvalue weighted by Crippen LogP contribution is 2.28. The summed E-state index contributed by atoms with van der Waals surface area (Å²) in [5, 5.41) is 9.57. The van der Waals surface area contributed by atoms with Crippen molar-refractivity contribution >= 4 is 11.9 Å². The summed E-state index contributed by atoms with van der Waals surface area (Å²) in [5.74, 6) is -4.11. The van der Waals surface area contributed by atoms with Crippen LogP contribution < -0.4 is 0 Å². The van der Waals surface area contributed by atoms with Crippen LogP contribution in [-0.2, 0) is 22.5 Å². The van der Waals surface area contributed by atoms with E-state index < -0.39 is 23.8 Å². The summed E-state index contributed by atoms with van der Waals surface area (Å²) in [6, 6.07) is 5.80. The number of aromatic amines is 1. The summed E-state index contributed by atoms with van der Waals surface area (Å²) in [7, 11) is 0. The number of benzene rings is 1. The average Bonchev–Trinajstić information content (AvgIpc) is 3.09. The molecule has 0 atom stereocenters. The zero-order chi connectivity index (χ0) is 19.8. The molecule has 0 spiro atoms. The maximum absolute atomic E-state index is 12.3. The Morgan fingerprint density at radius 2 is 1.96 bits per heavy atom. The number of hydrogen-bond donors (Lipinski definition) is 1. The van der Waals surface area contributed by atoms with Crippen molar-refractivity contribution in [1.29, 1.82) is 0 Å². The Balaban J connectivity index is 1.87. The lowest BCUT2D eigenvalue weighted by molar-refractivity contribution is -0.193. The minimum atomic E-state index is -5.27. The molecule has 0 saturated heterocycles. The van der Waals surface area contributed by atoms with Gasteiger partial charge < -0.3 is 4.74 Å². The molecule has 27 heavy (non-hydrogen) atoms. The number of fused-ring (bicyclic) bond motifs is 1. The first-order valence-corrected chi connectivity index (χ1v) is 8.27. The minimum absolute atomic E-state index is 0.0273. The lowest BCUT2D eigenvalue weighted by atomic mass is 9.95. The number of carbonyl (C=O) groups is 2. The maximum atomic E-state index is 12.3. The van der Waals surface area contributed by atoms with Crippen LogP contribution in [0, 0.1) is 0 Å². The molecule has 3 rings (SSSR count). The van der Waals surface area contributed by atoms with Crippen molar-refractivity contribution in [3.8, 4) is 11.3 Å². The Kier molecular flexibility index (Phi) is 5.01. The van der Waals surface area contributed by atoms with E-state index >= 15 is 0 Å². The van der Waals surface area contributed by atoms with E-state index in [1.807, 2.05) is 12.1 Å². The van der Waals surface area contributed by atoms with Crippen molar-refractivity contribution in [3.05, 3.63) is 35.0 Å². The second-order valence-electron chi connectivity index (χ2n) is 6.49. The van der Waals surface area contributed by atoms with Crippen LogP contribution in [0.1, 0.15) is 35.5 Å². The normalized spacial score (nSPS) is 14.9. The van der Waals surface area contributed by atoms with Gasteiger partial charge in [-0.1, -0.05) is 12.1 Å². The predicted molar refractivity (Wildman–Crippen MR) is 87.5 cm³/mol. The van der Waals surface area contributed by atoms with E-state index in [1.54, 1.807) is 6.07 Å². The number of esters is 2. The summed E-state index contributed by atoms with van der Waals surface area (Å²) in [4.78, 5) is 25.1. The molecular formula is C17H17F3N4O3. The smallest absolute Gasteiger partial charge is 0.381 e. The van der Waals surface area contributed by atoms with E-state index in [1.165, 1.54) is 0 Å². The minimum Gasteiger partial charge on any atom is -0.381 e. The molecule has 1 N–H and O–H groups in total. The van der Waals surface area contributed by atoms with E-state index in [0.29, 0.717) is 18.2 Å². The van der Waals surface area contributed by atoms with Gasteiger partial charge in [-0.25, -0.2) is 9.59 Å². The predicted octanol–water partition coefficient (Wildman–Crippen LogP) is 2.48. The zero-order valence-electron chi connectivity index (χ0n) is 14.6. The molecule has 10 heteroatoms. The van der Waals surface area contributed by atoms with Gasteiger partial charge in [0.05, 0.1) is 0 Å². The fraction of sp³-hybridized carbons (Fsp3) is 0.412. The lowest BCUT2D eigenvalue weighted by Gasteiger charge is -2.32. The number of nitrogens with one attached hydrogen (secondary N) is 1. The molecule has 0 aliphatic carbocycles. The standard InChI is InChI=1S/C17H17F3N4O3/c1-9(2)24-6-5-10-3-4-11(7-12(10)8-24)13-14(22-23-21-13)15(25)27-16(26)17(18,19)20/h3-4,7,9H,5-6,8H2,1-2H3,(H,21,22,23). The van der Waals surface area contributed by atoms with Crippen LogP contribution in [-0.4, -0.2) is 51.0 Å². The van der Waals surface area contributed by atoms with Crippen LogP contribution in [0.5, 0.6) is 0 Å². The fourth-order valence-electron chi connectivity index (χ4n) is 2.93. The van der Waals surface area contributed by atoms with Crippen LogP contribution in [0.25, 0.3) is 11.3 Å². The third kappa shape index (κ3) is 4.00. The van der Waals surface area contributed by atoms with Gasteiger partial charge in [0.25, 0.3) is 0 Å². The second kappa shape index (κ2) is 7.10. The molecule has 2 heterocycles. The second-order valence-corrected chi connectivity index (χ2v) is 6.49. The number of ether oxygens (including phenoxy) is 1. The van der Waals surface area contributed by atoms with Gasteiger partial charge in [0.15, 0.2) is 5.69 Å². The Morgan fingerprint density at radius 3 is 2.63 bits per heavy atom. The highest BCUT2D eigenvalue weighted by Gasteiger charge is 2.43. The molecule has 0 fully saturated rings. The van der Waals surface area contributed by atoms with Gasteiger partial charge in [0.2, 0.25) is 0 Å². The van der Waals surface area contributed by atoms with Gasteiger partial charge in [-0.05, 0) is 37.5 Å². The lowest BCUT2D eigenvalue weighted by Crippen LogP contribution is -2.35. The first kappa shape index (κ1) is 19.0. The van der Waals surface area contributed by atoms with Gasteiger partial charge in [-0.2, -0.15) is 23.5 Å². The number of hydrogen-bond acceptors (Lipinski definition) is 6. The van der Waals surface area contributed by atoms with Crippen molar-refractivity contribution in [3.63, 3.8) is 0 Å². The molecule has 1 aromatic carbocycles. The van der Waals surface area contributed by atoms with Gasteiger partial charge in [0, 0.05) is 24.7 Å². The van der Waals surface area contributed by atoms with Crippen LogP contribution in [0.15, 0.2) is 18.2 Å². The van der Waals surface area contributed by atoms with Crippen molar-refractivity contribution in [1.82, 2.24) is 20.3 Å². The van der Waals surface area contributed by atoms with E-state index in [4.69, 9.17) is 0 Å². The van der Waals surface area contributed by atoms with Crippen molar-refractivity contribution < 1.29 is 27.5 Å². The first-order valence-electron chi connectivity index (χ1n) is 8.27. The third-order valence-electron chi connectivity index (χ3n) is 4.41. The molecule has 0 saturated carbocycles. The highest BCUT2D eigenvalue weighted by molar-refractivity contribution is 6.00. The molecule has 2 aromatic rings. The number of nitrogens with zero attached hydrogens (tertiary/aromatic N) is 3. The van der Waals surface area contributed by atoms with E-state index in [2.05, 4.69) is 38.9 Å². The topological polar surface area (TPSA) is 88.2 Å². The number of alkyl halides is 3. The monoisotopic (exact) mass is 382 g/mol. The van der Waals surface area contributed by atoms with Gasteiger partial charge >= 0.3 is 18.1 Å². The van der Waals surface area contributed by atoms with Crippen molar-refractivity contribution in [2.45, 2.75) is 39.0 Å². The summed E-state index contributed by atoms with van der Waals surface area (Å²) in [5.41, 5.74) is 2.25. The zero-order valence-corrected chi connectivity index (χ0v) is 14.6. The summed E-state index contributed by atoms with van der Waals surface area (Å²) >= 11 is 0. The average molecular weight is 382 g/mol. The van der Waals surface area contributed by atoms with E-state index in [-0.39, 0.29) is 5.69 Å². The highest BCUT2D eigenvalue weighted by atomic mass is 19.4. The van der Waals surface area contributed by atoms with Crippen molar-refractivity contribution in [2.75, 3.05) is 6.54 Å². The van der Waals surface area contributed by atoms with E-state index in [0.717, 1.165) is 24.1 Å². The van der Waals surface area contributed by atoms with Crippen molar-refractivity contribution in [2.24, 2.45) is 0 Å². The summed E-state index contributed by atoms with van der Waals surface area (Å²) in [6.45, 7) is 5.84. The quantitative estimate of drug-likeness (QED) is 0.648. The molecule has 144 valence electrons. The van der Waals surface area contributed by atoms with E-state index in [9.17, 15) is 22.8 Å². The molecule has 0 unspecified atom stereocenters. The largest absolute Gasteiger partial charge is 0.491 e. The van der Waals surface area contributed by atoms with Gasteiger partial charge in [0.1, 0.15) is 5.69 Å². The molecule has 0 radical (unpaired) electrons. The Labute approximate surface area is 152 Å². The summed E-state index contributed by atoms with van der Waals surface area (Å²) in [6.07, 6.45) is -4.40. The number of H-pyrrole nitrogens is 1. The van der Waals surface area contributed by atoms with Crippen LogP contribution in [0.4, 0.5) is 13.2 Å². The number of halogens is 3. The first-order chi connectivity index (χ1) is 12.7. The number of carbonyl (C=O) groups excluding carboxylic acids is 2. The molecule has 0 amide bonds. The fourth-order valence-corrected chi connectivity index (χ4v) is 2.93. The summed E-state index contributed by atoms with van der Waals surface area (Å²) < 4.78 is 40.7. The molecule has 1 aliphatic rings. The van der Waals surface area contributed by atoms with Gasteiger partial charge in [-0.15, -0.1) is 5.10 Å². The number of rotatable bonds is 3. The molecule has 7 nitrogen and oxygen atoms in total. The molecular weight excluding hydrogens is 365 g/mol.